The van der Waals surface area contributed by atoms with Crippen molar-refractivity contribution in [2.24, 2.45) is 0 Å². The molecule has 0 radical (unpaired) electrons. The van der Waals surface area contributed by atoms with Crippen molar-refractivity contribution in [3.63, 3.8) is 0 Å². The molecular weight excluding hydrogens is 210 g/mol. The first-order valence-corrected chi connectivity index (χ1v) is 5.98. The molecule has 0 unspecified atom stereocenters. The van der Waals surface area contributed by atoms with Gasteiger partial charge in [-0.1, -0.05) is 30.3 Å². The predicted octanol–water partition coefficient (Wildman–Crippen LogP) is 3.40. The van der Waals surface area contributed by atoms with Crippen molar-refractivity contribution in [3.8, 4) is 0 Å². The summed E-state index contributed by atoms with van der Waals surface area (Å²) in [6.07, 6.45) is -0.471. The van der Waals surface area contributed by atoms with Crippen LogP contribution >= 0.6 is 0 Å². The lowest BCUT2D eigenvalue weighted by molar-refractivity contribution is 0.120. The molecule has 1 aromatic carbocycles. The molecular formula is C15H19NO. The van der Waals surface area contributed by atoms with E-state index in [0.29, 0.717) is 0 Å². The second-order valence-corrected chi connectivity index (χ2v) is 4.58. The highest BCUT2D eigenvalue weighted by molar-refractivity contribution is 5.21. The van der Waals surface area contributed by atoms with Crippen LogP contribution < -0.4 is 0 Å². The summed E-state index contributed by atoms with van der Waals surface area (Å²) in [6.45, 7) is 6.19. The third-order valence-electron chi connectivity index (χ3n) is 3.33. The molecule has 2 atom stereocenters. The molecule has 1 heterocycles. The maximum absolute atomic E-state index is 10.4. The minimum atomic E-state index is -0.471. The fourth-order valence-electron chi connectivity index (χ4n) is 2.39. The zero-order valence-corrected chi connectivity index (χ0v) is 10.6. The van der Waals surface area contributed by atoms with E-state index in [1.807, 2.05) is 30.3 Å². The Morgan fingerprint density at radius 2 is 1.47 bits per heavy atom. The lowest BCUT2D eigenvalue weighted by Gasteiger charge is -2.24. The fraction of sp³-hybridized carbons (Fsp3) is 0.333. The summed E-state index contributed by atoms with van der Waals surface area (Å²) in [5.41, 5.74) is 3.34. The van der Waals surface area contributed by atoms with E-state index in [1.165, 1.54) is 11.4 Å². The number of benzene rings is 1. The van der Waals surface area contributed by atoms with Gasteiger partial charge in [-0.3, -0.25) is 0 Å². The minimum absolute atomic E-state index is 0.0485. The highest BCUT2D eigenvalue weighted by Gasteiger charge is 2.19. The highest BCUT2D eigenvalue weighted by atomic mass is 16.3. The van der Waals surface area contributed by atoms with Gasteiger partial charge < -0.3 is 9.67 Å². The Hall–Kier alpha value is -1.54. The summed E-state index contributed by atoms with van der Waals surface area (Å²) >= 11 is 0. The second kappa shape index (κ2) is 4.76. The van der Waals surface area contributed by atoms with E-state index in [1.54, 1.807) is 0 Å². The Morgan fingerprint density at radius 1 is 0.941 bits per heavy atom. The van der Waals surface area contributed by atoms with Gasteiger partial charge in [0.05, 0.1) is 12.1 Å². The first-order chi connectivity index (χ1) is 8.11. The van der Waals surface area contributed by atoms with Gasteiger partial charge in [-0.2, -0.15) is 0 Å². The number of aromatic nitrogens is 1. The number of aliphatic hydroxyl groups excluding tert-OH is 1. The van der Waals surface area contributed by atoms with Gasteiger partial charge >= 0.3 is 0 Å². The number of nitrogens with zero attached hydrogens (tertiary/aromatic N) is 1. The highest BCUT2D eigenvalue weighted by Crippen LogP contribution is 2.28. The smallest absolute Gasteiger partial charge is 0.0994 e. The fourth-order valence-corrected chi connectivity index (χ4v) is 2.39. The topological polar surface area (TPSA) is 25.2 Å². The van der Waals surface area contributed by atoms with Crippen molar-refractivity contribution >= 4 is 0 Å². The van der Waals surface area contributed by atoms with E-state index in [9.17, 15) is 5.11 Å². The average Bonchev–Trinajstić information content (AvgIpc) is 2.68. The zero-order chi connectivity index (χ0) is 12.4. The molecule has 2 nitrogen and oxygen atoms in total. The molecule has 0 bridgehead atoms. The average molecular weight is 229 g/mol. The van der Waals surface area contributed by atoms with Gasteiger partial charge in [-0.15, -0.1) is 0 Å². The summed E-state index contributed by atoms with van der Waals surface area (Å²) in [4.78, 5) is 0. The normalized spacial score (nSPS) is 14.6. The van der Waals surface area contributed by atoms with Gasteiger partial charge in [0.1, 0.15) is 0 Å². The van der Waals surface area contributed by atoms with Crippen LogP contribution in [0.4, 0.5) is 0 Å². The summed E-state index contributed by atoms with van der Waals surface area (Å²) in [6, 6.07) is 14.0. The first-order valence-electron chi connectivity index (χ1n) is 5.98. The molecule has 0 amide bonds. The van der Waals surface area contributed by atoms with Crippen LogP contribution in [0.1, 0.15) is 36.0 Å². The van der Waals surface area contributed by atoms with Crippen LogP contribution in [0.5, 0.6) is 0 Å². The first kappa shape index (κ1) is 11.9. The van der Waals surface area contributed by atoms with Crippen molar-refractivity contribution in [2.75, 3.05) is 0 Å². The van der Waals surface area contributed by atoms with E-state index in [2.05, 4.69) is 37.5 Å². The van der Waals surface area contributed by atoms with E-state index in [-0.39, 0.29) is 6.04 Å². The molecule has 0 saturated heterocycles. The van der Waals surface area contributed by atoms with Crippen LogP contribution in [0, 0.1) is 13.8 Å². The molecule has 0 spiro atoms. The van der Waals surface area contributed by atoms with Crippen molar-refractivity contribution in [1.82, 2.24) is 4.57 Å². The molecule has 0 saturated carbocycles. The van der Waals surface area contributed by atoms with Gasteiger partial charge in [-0.05, 0) is 38.5 Å². The quantitative estimate of drug-likeness (QED) is 0.857. The standard InChI is InChI=1S/C15H19NO/c1-11-9-10-12(2)16(11)13(3)15(17)14-7-5-4-6-8-14/h4-10,13,15,17H,1-3H3/t13-,15+/m0/s1. The zero-order valence-electron chi connectivity index (χ0n) is 10.6. The van der Waals surface area contributed by atoms with E-state index < -0.39 is 6.10 Å². The predicted molar refractivity (Wildman–Crippen MR) is 70.0 cm³/mol. The Labute approximate surface area is 103 Å². The van der Waals surface area contributed by atoms with Crippen molar-refractivity contribution < 1.29 is 5.11 Å². The number of aryl methyl sites for hydroxylation is 2. The minimum Gasteiger partial charge on any atom is -0.386 e. The van der Waals surface area contributed by atoms with Crippen molar-refractivity contribution in [1.29, 1.82) is 0 Å². The molecule has 2 aromatic rings. The Kier molecular flexibility index (Phi) is 3.34. The van der Waals surface area contributed by atoms with Crippen LogP contribution in [0.2, 0.25) is 0 Å². The van der Waals surface area contributed by atoms with Gasteiger partial charge in [0.25, 0.3) is 0 Å². The van der Waals surface area contributed by atoms with E-state index in [4.69, 9.17) is 0 Å². The molecule has 1 aromatic heterocycles. The van der Waals surface area contributed by atoms with Crippen LogP contribution in [0.15, 0.2) is 42.5 Å². The maximum Gasteiger partial charge on any atom is 0.0994 e. The number of aliphatic hydroxyl groups is 1. The molecule has 2 heteroatoms. The van der Waals surface area contributed by atoms with E-state index in [0.717, 1.165) is 5.56 Å². The van der Waals surface area contributed by atoms with Crippen LogP contribution in [0.3, 0.4) is 0 Å². The third-order valence-corrected chi connectivity index (χ3v) is 3.33. The molecule has 1 N–H and O–H groups in total. The maximum atomic E-state index is 10.4. The Morgan fingerprint density at radius 3 is 2.00 bits per heavy atom. The van der Waals surface area contributed by atoms with Crippen molar-refractivity contribution in [2.45, 2.75) is 32.9 Å². The lowest BCUT2D eigenvalue weighted by atomic mass is 10.0. The van der Waals surface area contributed by atoms with Crippen LogP contribution in [-0.2, 0) is 0 Å². The van der Waals surface area contributed by atoms with Crippen molar-refractivity contribution in [3.05, 3.63) is 59.4 Å². The molecule has 0 fully saturated rings. The largest absolute Gasteiger partial charge is 0.386 e. The van der Waals surface area contributed by atoms with Gasteiger partial charge in [0.2, 0.25) is 0 Å². The number of hydrogen-bond donors (Lipinski definition) is 1. The molecule has 90 valence electrons. The van der Waals surface area contributed by atoms with Crippen LogP contribution in [0.25, 0.3) is 0 Å². The molecule has 0 aliphatic rings. The SMILES string of the molecule is Cc1ccc(C)n1[C@@H](C)[C@@H](O)c1ccccc1. The Bertz CT molecular complexity index is 467. The van der Waals surface area contributed by atoms with E-state index >= 15 is 0 Å². The second-order valence-electron chi connectivity index (χ2n) is 4.58. The third kappa shape index (κ3) is 2.27. The molecule has 17 heavy (non-hydrogen) atoms. The van der Waals surface area contributed by atoms with Gasteiger partial charge in [-0.25, -0.2) is 0 Å². The lowest BCUT2D eigenvalue weighted by Crippen LogP contribution is -2.16. The summed E-state index contributed by atoms with van der Waals surface area (Å²) in [5, 5.41) is 10.4. The van der Waals surface area contributed by atoms with Gasteiger partial charge in [0.15, 0.2) is 0 Å². The molecule has 0 aliphatic heterocycles. The number of rotatable bonds is 3. The van der Waals surface area contributed by atoms with Crippen LogP contribution in [-0.4, -0.2) is 9.67 Å². The summed E-state index contributed by atoms with van der Waals surface area (Å²) in [7, 11) is 0. The van der Waals surface area contributed by atoms with Gasteiger partial charge in [0, 0.05) is 11.4 Å². The Balaban J connectivity index is 2.30. The number of hydrogen-bond acceptors (Lipinski definition) is 1. The summed E-state index contributed by atoms with van der Waals surface area (Å²) < 4.78 is 2.18. The molecule has 2 rings (SSSR count). The molecule has 0 aliphatic carbocycles. The monoisotopic (exact) mass is 229 g/mol. The summed E-state index contributed by atoms with van der Waals surface area (Å²) in [5.74, 6) is 0.